The molecule has 0 atom stereocenters. The van der Waals surface area contributed by atoms with Crippen LogP contribution in [0.1, 0.15) is 5.56 Å². The molecule has 0 saturated heterocycles. The van der Waals surface area contributed by atoms with E-state index in [2.05, 4.69) is 21.8 Å². The summed E-state index contributed by atoms with van der Waals surface area (Å²) in [6.07, 6.45) is 0.871. The van der Waals surface area contributed by atoms with Crippen molar-refractivity contribution in [2.45, 2.75) is 0 Å². The zero-order chi connectivity index (χ0) is 9.68. The standard InChI is InChI=1S/C8H6N2O2.Rh/c9-8(6-10(11)12)7-4-2-1-3-5-7;/h1-6H;/b8-6+;. The molecule has 1 aromatic rings. The van der Waals surface area contributed by atoms with Crippen molar-refractivity contribution in [3.8, 4) is 0 Å². The van der Waals surface area contributed by atoms with E-state index in [-0.39, 0.29) is 0 Å². The zero-order valence-electron chi connectivity index (χ0n) is 6.51. The molecule has 0 amide bonds. The van der Waals surface area contributed by atoms with Gasteiger partial charge in [-0.25, -0.2) is 0 Å². The summed E-state index contributed by atoms with van der Waals surface area (Å²) in [6.45, 7) is 0. The van der Waals surface area contributed by atoms with Crippen molar-refractivity contribution in [3.63, 3.8) is 0 Å². The third-order valence-electron chi connectivity index (χ3n) is 1.38. The number of hydrogen-bond acceptors (Lipinski definition) is 3. The van der Waals surface area contributed by atoms with E-state index in [1.807, 2.05) is 6.07 Å². The van der Waals surface area contributed by atoms with Crippen molar-refractivity contribution in [3.05, 3.63) is 52.2 Å². The first-order valence-electron chi connectivity index (χ1n) is 3.45. The van der Waals surface area contributed by atoms with Crippen LogP contribution in [0.25, 0.3) is 5.70 Å². The van der Waals surface area contributed by atoms with Gasteiger partial charge in [0, 0.05) is 0 Å². The molecule has 1 aromatic carbocycles. The molecule has 0 aliphatic rings. The molecule has 0 heterocycles. The van der Waals surface area contributed by atoms with Crippen molar-refractivity contribution in [1.29, 1.82) is 0 Å². The van der Waals surface area contributed by atoms with Gasteiger partial charge in [-0.3, -0.25) is 0 Å². The van der Waals surface area contributed by atoms with Crippen LogP contribution in [-0.2, 0) is 18.1 Å². The van der Waals surface area contributed by atoms with Gasteiger partial charge in [0.1, 0.15) is 0 Å². The molecular formula is C8H6N2O2Rh. The third kappa shape index (κ3) is 2.95. The topological polar surface area (TPSA) is 55.5 Å². The third-order valence-corrected chi connectivity index (χ3v) is 1.77. The van der Waals surface area contributed by atoms with Crippen LogP contribution in [0.5, 0.6) is 0 Å². The molecule has 13 heavy (non-hydrogen) atoms. The molecule has 0 saturated carbocycles. The number of hydrogen-bond donors (Lipinski definition) is 0. The molecule has 0 aromatic heterocycles. The van der Waals surface area contributed by atoms with Gasteiger partial charge in [-0.15, -0.1) is 0 Å². The Bertz CT molecular complexity index is 348. The molecule has 0 aliphatic heterocycles. The molecule has 0 N–H and O–H groups in total. The molecular weight excluding hydrogens is 259 g/mol. The Balaban J connectivity index is 3.05. The predicted molar refractivity (Wildman–Crippen MR) is 43.8 cm³/mol. The summed E-state index contributed by atoms with van der Waals surface area (Å²) < 4.78 is 3.71. The second kappa shape index (κ2) is 4.72. The average Bonchev–Trinajstić information content (AvgIpc) is 2.15. The van der Waals surface area contributed by atoms with Crippen LogP contribution in [-0.4, -0.2) is 4.92 Å². The summed E-state index contributed by atoms with van der Waals surface area (Å²) in [5.41, 5.74) is 1.06. The second-order valence-corrected chi connectivity index (χ2v) is 2.61. The van der Waals surface area contributed by atoms with Crippen LogP contribution < -0.4 is 0 Å². The van der Waals surface area contributed by atoms with Crippen molar-refractivity contribution in [2.75, 3.05) is 0 Å². The van der Waals surface area contributed by atoms with Crippen LogP contribution in [0.4, 0.5) is 0 Å². The van der Waals surface area contributed by atoms with E-state index in [1.54, 1.807) is 24.3 Å². The molecule has 0 spiro atoms. The summed E-state index contributed by atoms with van der Waals surface area (Å²) in [4.78, 5) is 9.68. The fourth-order valence-corrected chi connectivity index (χ4v) is 1.15. The van der Waals surface area contributed by atoms with Crippen molar-refractivity contribution >= 4 is 5.70 Å². The second-order valence-electron chi connectivity index (χ2n) is 2.24. The Morgan fingerprint density at radius 3 is 2.54 bits per heavy atom. The van der Waals surface area contributed by atoms with E-state index in [1.165, 1.54) is 0 Å². The average molecular weight is 265 g/mol. The maximum absolute atomic E-state index is 10.2. The van der Waals surface area contributed by atoms with Crippen LogP contribution in [0.3, 0.4) is 0 Å². The number of benzene rings is 1. The Morgan fingerprint density at radius 1 is 1.46 bits per heavy atom. The number of nitrogens with zero attached hydrogens (tertiary/aromatic N) is 2. The minimum absolute atomic E-state index is 0.331. The first-order valence-corrected chi connectivity index (χ1v) is 4.18. The first-order chi connectivity index (χ1) is 6.24. The van der Waals surface area contributed by atoms with E-state index in [0.29, 0.717) is 5.70 Å². The van der Waals surface area contributed by atoms with Crippen LogP contribution in [0, 0.1) is 10.1 Å². The SMILES string of the molecule is O=[N+]([O-])/C=C(/[N]=[Rh])c1ccccc1. The first kappa shape index (κ1) is 9.87. The van der Waals surface area contributed by atoms with Crippen LogP contribution >= 0.6 is 0 Å². The van der Waals surface area contributed by atoms with Crippen LogP contribution in [0.2, 0.25) is 0 Å². The quantitative estimate of drug-likeness (QED) is 0.476. The summed E-state index contributed by atoms with van der Waals surface area (Å²) in [5.74, 6) is 0. The normalized spacial score (nSPS) is 11.0. The van der Waals surface area contributed by atoms with Crippen molar-refractivity contribution < 1.29 is 23.0 Å². The predicted octanol–water partition coefficient (Wildman–Crippen LogP) is 1.99. The molecule has 1 rings (SSSR count). The zero-order valence-corrected chi connectivity index (χ0v) is 8.15. The molecule has 5 heteroatoms. The van der Waals surface area contributed by atoms with E-state index in [0.717, 1.165) is 11.8 Å². The Morgan fingerprint density at radius 2 is 2.08 bits per heavy atom. The minimum atomic E-state index is -0.522. The molecule has 69 valence electrons. The molecule has 0 unspecified atom stereocenters. The molecule has 0 radical (unpaired) electrons. The summed E-state index contributed by atoms with van der Waals surface area (Å²) >= 11 is 2.29. The van der Waals surface area contributed by atoms with Gasteiger partial charge in [0.25, 0.3) is 0 Å². The molecule has 4 nitrogen and oxygen atoms in total. The number of rotatable bonds is 3. The summed E-state index contributed by atoms with van der Waals surface area (Å²) in [7, 11) is 0. The maximum atomic E-state index is 10.2. The van der Waals surface area contributed by atoms with E-state index in [9.17, 15) is 10.1 Å². The van der Waals surface area contributed by atoms with Gasteiger partial charge in [-0.05, 0) is 0 Å². The summed E-state index contributed by atoms with van der Waals surface area (Å²) in [6, 6.07) is 8.97. The molecule has 0 fully saturated rings. The fourth-order valence-electron chi connectivity index (χ4n) is 0.846. The van der Waals surface area contributed by atoms with Crippen molar-refractivity contribution in [1.82, 2.24) is 0 Å². The van der Waals surface area contributed by atoms with E-state index >= 15 is 0 Å². The van der Waals surface area contributed by atoms with Gasteiger partial charge in [0.2, 0.25) is 0 Å². The molecule has 0 aliphatic carbocycles. The van der Waals surface area contributed by atoms with Crippen molar-refractivity contribution in [2.24, 2.45) is 3.68 Å². The van der Waals surface area contributed by atoms with Gasteiger partial charge in [-0.1, -0.05) is 0 Å². The Hall–Kier alpha value is -1.22. The Labute approximate surface area is 84.9 Å². The monoisotopic (exact) mass is 265 g/mol. The van der Waals surface area contributed by atoms with Gasteiger partial charge in [0.05, 0.1) is 0 Å². The summed E-state index contributed by atoms with van der Waals surface area (Å²) in [5, 5.41) is 10.2. The van der Waals surface area contributed by atoms with Gasteiger partial charge in [0.15, 0.2) is 0 Å². The Kier molecular flexibility index (Phi) is 3.58. The van der Waals surface area contributed by atoms with E-state index in [4.69, 9.17) is 0 Å². The fraction of sp³-hybridized carbons (Fsp3) is 0. The molecule has 0 bridgehead atoms. The van der Waals surface area contributed by atoms with Gasteiger partial charge < -0.3 is 0 Å². The van der Waals surface area contributed by atoms with E-state index < -0.39 is 4.92 Å². The van der Waals surface area contributed by atoms with Gasteiger partial charge in [-0.2, -0.15) is 0 Å². The van der Waals surface area contributed by atoms with Gasteiger partial charge >= 0.3 is 84.6 Å². The van der Waals surface area contributed by atoms with Crippen LogP contribution in [0.15, 0.2) is 40.2 Å². The number of nitro groups is 1.